The molecule has 0 fully saturated rings. The molecule has 0 aliphatic heterocycles. The number of phenolic OH excluding ortho intramolecular Hbond substituents is 1. The summed E-state index contributed by atoms with van der Waals surface area (Å²) >= 11 is 0. The quantitative estimate of drug-likeness (QED) is 0.628. The van der Waals surface area contributed by atoms with Crippen LogP contribution in [0.3, 0.4) is 0 Å². The summed E-state index contributed by atoms with van der Waals surface area (Å²) in [6.07, 6.45) is 1.74. The van der Waals surface area contributed by atoms with Gasteiger partial charge in [0.15, 0.2) is 0 Å². The van der Waals surface area contributed by atoms with Crippen molar-refractivity contribution in [1.29, 1.82) is 0 Å². The van der Waals surface area contributed by atoms with Crippen molar-refractivity contribution < 1.29 is 31.3 Å². The third kappa shape index (κ3) is 9.30. The molecule has 1 nitrogen and oxygen atoms in total. The third-order valence-corrected chi connectivity index (χ3v) is 2.24. The van der Waals surface area contributed by atoms with Crippen molar-refractivity contribution in [3.63, 3.8) is 0 Å². The summed E-state index contributed by atoms with van der Waals surface area (Å²) < 4.78 is 0. The van der Waals surface area contributed by atoms with Crippen LogP contribution in [0.25, 0.3) is 6.08 Å². The SMILES string of the molecule is C=Cc1ccc(O)cc1.[Zr+2].c1cc[cH-]c1.c1cc[cH-]c1. The topological polar surface area (TPSA) is 20.2 Å². The Labute approximate surface area is 140 Å². The molecule has 0 aliphatic carbocycles. The van der Waals surface area contributed by atoms with Crippen molar-refractivity contribution in [3.8, 4) is 5.75 Å². The molecule has 0 atom stereocenters. The van der Waals surface area contributed by atoms with Gasteiger partial charge in [-0.2, -0.15) is 36.4 Å². The van der Waals surface area contributed by atoms with Crippen LogP contribution < -0.4 is 0 Å². The fourth-order valence-corrected chi connectivity index (χ4v) is 1.25. The van der Waals surface area contributed by atoms with Gasteiger partial charge in [0.25, 0.3) is 0 Å². The Morgan fingerprint density at radius 3 is 1.45 bits per heavy atom. The fourth-order valence-electron chi connectivity index (χ4n) is 1.25. The number of aromatic hydroxyl groups is 1. The van der Waals surface area contributed by atoms with Gasteiger partial charge < -0.3 is 5.11 Å². The normalized spacial score (nSPS) is 8.00. The Morgan fingerprint density at radius 1 is 0.800 bits per heavy atom. The Balaban J connectivity index is 0.000000282. The number of rotatable bonds is 1. The fraction of sp³-hybridized carbons (Fsp3) is 0. The summed E-state index contributed by atoms with van der Waals surface area (Å²) in [5.41, 5.74) is 1.02. The van der Waals surface area contributed by atoms with Gasteiger partial charge in [-0.1, -0.05) is 24.8 Å². The minimum absolute atomic E-state index is 0. The smallest absolute Gasteiger partial charge is 0.508 e. The molecule has 0 saturated heterocycles. The van der Waals surface area contributed by atoms with Gasteiger partial charge in [-0.05, 0) is 17.7 Å². The molecule has 0 unspecified atom stereocenters. The second kappa shape index (κ2) is 12.4. The zero-order chi connectivity index (χ0) is 13.8. The molecule has 3 aromatic rings. The molecule has 0 heterocycles. The summed E-state index contributed by atoms with van der Waals surface area (Å²) in [5.74, 6) is 0.292. The molecule has 3 aromatic carbocycles. The van der Waals surface area contributed by atoms with E-state index in [2.05, 4.69) is 6.58 Å². The second-order valence-electron chi connectivity index (χ2n) is 3.72. The van der Waals surface area contributed by atoms with Crippen molar-refractivity contribution in [3.05, 3.63) is 97.1 Å². The average molecular weight is 342 g/mol. The molecule has 3 rings (SSSR count). The number of phenols is 1. The molecule has 0 amide bonds. The molecule has 100 valence electrons. The van der Waals surface area contributed by atoms with Crippen LogP contribution in [0.15, 0.2) is 91.5 Å². The van der Waals surface area contributed by atoms with E-state index in [0.29, 0.717) is 5.75 Å². The van der Waals surface area contributed by atoms with E-state index in [9.17, 15) is 0 Å². The van der Waals surface area contributed by atoms with Crippen LogP contribution in [0.5, 0.6) is 5.75 Å². The zero-order valence-corrected chi connectivity index (χ0v) is 13.8. The first kappa shape index (κ1) is 18.3. The van der Waals surface area contributed by atoms with Crippen LogP contribution in [0, 0.1) is 0 Å². The Kier molecular flexibility index (Phi) is 11.4. The molecular formula is C18H18OZr. The molecule has 2 heteroatoms. The predicted octanol–water partition coefficient (Wildman–Crippen LogP) is 4.84. The molecule has 1 N–H and O–H groups in total. The zero-order valence-electron chi connectivity index (χ0n) is 11.3. The first-order valence-electron chi connectivity index (χ1n) is 6.08. The van der Waals surface area contributed by atoms with Crippen molar-refractivity contribution in [2.45, 2.75) is 0 Å². The van der Waals surface area contributed by atoms with E-state index in [1.807, 2.05) is 72.8 Å². The van der Waals surface area contributed by atoms with E-state index in [-0.39, 0.29) is 26.2 Å². The predicted molar refractivity (Wildman–Crippen MR) is 82.3 cm³/mol. The van der Waals surface area contributed by atoms with Gasteiger partial charge in [0.05, 0.1) is 0 Å². The summed E-state index contributed by atoms with van der Waals surface area (Å²) in [6.45, 7) is 3.58. The average Bonchev–Trinajstić information content (AvgIpc) is 3.18. The van der Waals surface area contributed by atoms with E-state index in [1.54, 1.807) is 18.2 Å². The van der Waals surface area contributed by atoms with E-state index in [4.69, 9.17) is 5.11 Å². The summed E-state index contributed by atoms with van der Waals surface area (Å²) in [6, 6.07) is 26.9. The third-order valence-electron chi connectivity index (χ3n) is 2.24. The van der Waals surface area contributed by atoms with Crippen LogP contribution in [0.1, 0.15) is 5.56 Å². The maximum atomic E-state index is 8.82. The molecule has 0 spiro atoms. The molecule has 0 radical (unpaired) electrons. The van der Waals surface area contributed by atoms with Crippen molar-refractivity contribution in [1.82, 2.24) is 0 Å². The van der Waals surface area contributed by atoms with Gasteiger partial charge in [0.2, 0.25) is 0 Å². The van der Waals surface area contributed by atoms with E-state index in [1.165, 1.54) is 0 Å². The van der Waals surface area contributed by atoms with Crippen molar-refractivity contribution in [2.75, 3.05) is 0 Å². The molecule has 0 saturated carbocycles. The maximum Gasteiger partial charge on any atom is 2.00 e. The Hall–Kier alpha value is -1.66. The monoisotopic (exact) mass is 340 g/mol. The van der Waals surface area contributed by atoms with Crippen LogP contribution in [-0.2, 0) is 26.2 Å². The molecule has 20 heavy (non-hydrogen) atoms. The van der Waals surface area contributed by atoms with Gasteiger partial charge in [0.1, 0.15) is 5.75 Å². The summed E-state index contributed by atoms with van der Waals surface area (Å²) in [4.78, 5) is 0. The van der Waals surface area contributed by atoms with E-state index in [0.717, 1.165) is 5.56 Å². The standard InChI is InChI=1S/C8H8O.2C5H5.Zr/c1-2-7-3-5-8(9)6-4-7;2*1-2-4-5-3-1;/h2-6,9H,1H2;2*1-5H;/q;2*-1;+2. The van der Waals surface area contributed by atoms with Crippen LogP contribution in [0.2, 0.25) is 0 Å². The molecule has 0 aliphatic rings. The second-order valence-corrected chi connectivity index (χ2v) is 3.72. The van der Waals surface area contributed by atoms with Gasteiger partial charge in [0, 0.05) is 0 Å². The molecule has 0 bridgehead atoms. The molecule has 0 aromatic heterocycles. The van der Waals surface area contributed by atoms with E-state index < -0.39 is 0 Å². The first-order chi connectivity index (χ1) is 9.33. The summed E-state index contributed by atoms with van der Waals surface area (Å²) in [7, 11) is 0. The number of benzene rings is 1. The number of hydrogen-bond donors (Lipinski definition) is 1. The van der Waals surface area contributed by atoms with Gasteiger partial charge in [-0.3, -0.25) is 0 Å². The van der Waals surface area contributed by atoms with Gasteiger partial charge in [-0.25, -0.2) is 24.3 Å². The Bertz CT molecular complexity index is 446. The molecular weight excluding hydrogens is 323 g/mol. The maximum absolute atomic E-state index is 8.82. The van der Waals surface area contributed by atoms with Gasteiger partial charge >= 0.3 is 26.2 Å². The summed E-state index contributed by atoms with van der Waals surface area (Å²) in [5, 5.41) is 8.82. The van der Waals surface area contributed by atoms with Crippen molar-refractivity contribution in [2.24, 2.45) is 0 Å². The minimum atomic E-state index is 0. The first-order valence-corrected chi connectivity index (χ1v) is 6.08. The largest absolute Gasteiger partial charge is 2.00 e. The minimum Gasteiger partial charge on any atom is -0.508 e. The van der Waals surface area contributed by atoms with Crippen molar-refractivity contribution >= 4 is 6.08 Å². The Morgan fingerprint density at radius 2 is 1.20 bits per heavy atom. The van der Waals surface area contributed by atoms with E-state index >= 15 is 0 Å². The number of hydrogen-bond acceptors (Lipinski definition) is 1. The van der Waals surface area contributed by atoms with Gasteiger partial charge in [-0.15, -0.1) is 0 Å². The van der Waals surface area contributed by atoms with Crippen LogP contribution in [-0.4, -0.2) is 5.11 Å². The van der Waals surface area contributed by atoms with Crippen LogP contribution in [0.4, 0.5) is 0 Å². The van der Waals surface area contributed by atoms with Crippen LogP contribution >= 0.6 is 0 Å².